The fraction of sp³-hybridized carbons (Fsp3) is 0.800. The molecule has 0 N–H and O–H groups in total. The third-order valence-corrected chi connectivity index (χ3v) is 3.07. The number of rotatable bonds is 1. The van der Waals surface area contributed by atoms with Crippen LogP contribution in [0.1, 0.15) is 32.1 Å². The SMILES string of the molecule is F/C(Br)=C/[C@H]1COC2(CCCCC2)O1. The predicted molar refractivity (Wildman–Crippen MR) is 54.8 cm³/mol. The molecule has 2 rings (SSSR count). The van der Waals surface area contributed by atoms with Crippen LogP contribution in [0, 0.1) is 0 Å². The quantitative estimate of drug-likeness (QED) is 0.724. The minimum absolute atomic E-state index is 0.229. The van der Waals surface area contributed by atoms with E-state index in [0.29, 0.717) is 6.61 Å². The van der Waals surface area contributed by atoms with Crippen LogP contribution in [0.5, 0.6) is 0 Å². The van der Waals surface area contributed by atoms with Crippen molar-refractivity contribution in [3.63, 3.8) is 0 Å². The van der Waals surface area contributed by atoms with Crippen molar-refractivity contribution in [2.75, 3.05) is 6.61 Å². The first kappa shape index (κ1) is 10.6. The first-order chi connectivity index (χ1) is 6.70. The summed E-state index contributed by atoms with van der Waals surface area (Å²) in [5, 5.41) is 0. The Balaban J connectivity index is 1.95. The number of halogens is 2. The molecule has 2 aliphatic rings. The van der Waals surface area contributed by atoms with Gasteiger partial charge in [-0.1, -0.05) is 6.42 Å². The minimum Gasteiger partial charge on any atom is -0.347 e. The van der Waals surface area contributed by atoms with Gasteiger partial charge in [-0.25, -0.2) is 0 Å². The monoisotopic (exact) mass is 264 g/mol. The van der Waals surface area contributed by atoms with Gasteiger partial charge < -0.3 is 9.47 Å². The van der Waals surface area contributed by atoms with Crippen molar-refractivity contribution in [3.05, 3.63) is 10.8 Å². The van der Waals surface area contributed by atoms with Crippen molar-refractivity contribution in [2.45, 2.75) is 44.0 Å². The highest BCUT2D eigenvalue weighted by molar-refractivity contribution is 9.11. The van der Waals surface area contributed by atoms with Gasteiger partial charge in [0.05, 0.1) is 6.61 Å². The fourth-order valence-electron chi connectivity index (χ4n) is 2.15. The first-order valence-electron chi connectivity index (χ1n) is 5.05. The fourth-order valence-corrected chi connectivity index (χ4v) is 2.45. The Morgan fingerprint density at radius 1 is 1.36 bits per heavy atom. The summed E-state index contributed by atoms with van der Waals surface area (Å²) in [5.74, 6) is -0.401. The summed E-state index contributed by atoms with van der Waals surface area (Å²) in [6.45, 7) is 0.471. The molecule has 0 aromatic carbocycles. The lowest BCUT2D eigenvalue weighted by Crippen LogP contribution is -2.33. The molecule has 1 heterocycles. The molecule has 4 heteroatoms. The Morgan fingerprint density at radius 3 is 2.71 bits per heavy atom. The average Bonchev–Trinajstić information content (AvgIpc) is 2.49. The van der Waals surface area contributed by atoms with Gasteiger partial charge in [-0.15, -0.1) is 0 Å². The van der Waals surface area contributed by atoms with E-state index in [1.807, 2.05) is 0 Å². The summed E-state index contributed by atoms with van der Waals surface area (Å²) in [6.07, 6.45) is 6.63. The minimum atomic E-state index is -0.401. The van der Waals surface area contributed by atoms with E-state index in [1.165, 1.54) is 12.5 Å². The Labute approximate surface area is 91.6 Å². The second kappa shape index (κ2) is 4.29. The van der Waals surface area contributed by atoms with Crippen molar-refractivity contribution in [1.82, 2.24) is 0 Å². The van der Waals surface area contributed by atoms with Crippen LogP contribution in [0.15, 0.2) is 10.8 Å². The molecule has 0 amide bonds. The molecule has 1 atom stereocenters. The summed E-state index contributed by atoms with van der Waals surface area (Å²) < 4.78 is 23.5. The van der Waals surface area contributed by atoms with Crippen molar-refractivity contribution in [1.29, 1.82) is 0 Å². The van der Waals surface area contributed by atoms with Gasteiger partial charge in [0.2, 0.25) is 0 Å². The maximum absolute atomic E-state index is 12.6. The number of hydrogen-bond acceptors (Lipinski definition) is 2. The van der Waals surface area contributed by atoms with E-state index < -0.39 is 5.79 Å². The van der Waals surface area contributed by atoms with E-state index >= 15 is 0 Å². The molecule has 0 bridgehead atoms. The topological polar surface area (TPSA) is 18.5 Å². The van der Waals surface area contributed by atoms with Crippen LogP contribution in [-0.2, 0) is 9.47 Å². The smallest absolute Gasteiger partial charge is 0.169 e. The average molecular weight is 265 g/mol. The van der Waals surface area contributed by atoms with Crippen molar-refractivity contribution >= 4 is 15.9 Å². The van der Waals surface area contributed by atoms with Crippen LogP contribution < -0.4 is 0 Å². The van der Waals surface area contributed by atoms with Crippen molar-refractivity contribution in [2.24, 2.45) is 0 Å². The van der Waals surface area contributed by atoms with E-state index in [-0.39, 0.29) is 10.8 Å². The summed E-state index contributed by atoms with van der Waals surface area (Å²) in [6, 6.07) is 0. The van der Waals surface area contributed by atoms with Crippen LogP contribution in [0.25, 0.3) is 0 Å². The van der Waals surface area contributed by atoms with Crippen molar-refractivity contribution < 1.29 is 13.9 Å². The van der Waals surface area contributed by atoms with Crippen LogP contribution >= 0.6 is 15.9 Å². The molecule has 0 radical (unpaired) electrons. The van der Waals surface area contributed by atoms with E-state index in [1.54, 1.807) is 0 Å². The highest BCUT2D eigenvalue weighted by atomic mass is 79.9. The van der Waals surface area contributed by atoms with Gasteiger partial charge in [-0.3, -0.25) is 0 Å². The zero-order chi connectivity index (χ0) is 10.0. The molecule has 1 spiro atoms. The summed E-state index contributed by atoms with van der Waals surface area (Å²) in [7, 11) is 0. The Hall–Kier alpha value is 0.0700. The highest BCUT2D eigenvalue weighted by Gasteiger charge is 2.41. The van der Waals surface area contributed by atoms with Gasteiger partial charge in [0, 0.05) is 12.8 Å². The Morgan fingerprint density at radius 2 is 2.07 bits per heavy atom. The molecule has 0 unspecified atom stereocenters. The molecular formula is C10H14BrFO2. The molecule has 1 aliphatic carbocycles. The lowest BCUT2D eigenvalue weighted by molar-refractivity contribution is -0.183. The Bertz CT molecular complexity index is 232. The summed E-state index contributed by atoms with van der Waals surface area (Å²) in [4.78, 5) is 0. The van der Waals surface area contributed by atoms with Crippen LogP contribution in [0.4, 0.5) is 4.39 Å². The van der Waals surface area contributed by atoms with Crippen LogP contribution in [0.3, 0.4) is 0 Å². The standard InChI is InChI=1S/C10H14BrFO2/c11-9(12)6-8-7-13-10(14-8)4-2-1-3-5-10/h6,8H,1-5,7H2/b9-6+/t8-/m0/s1. The second-order valence-corrected chi connectivity index (χ2v) is 4.65. The summed E-state index contributed by atoms with van der Waals surface area (Å²) in [5.41, 5.74) is 0. The highest BCUT2D eigenvalue weighted by Crippen LogP contribution is 2.38. The molecule has 1 aliphatic heterocycles. The molecule has 80 valence electrons. The predicted octanol–water partition coefficient (Wildman–Crippen LogP) is 3.27. The van der Waals surface area contributed by atoms with Gasteiger partial charge in [0.25, 0.3) is 0 Å². The molecular weight excluding hydrogens is 251 g/mol. The van der Waals surface area contributed by atoms with E-state index in [2.05, 4.69) is 15.9 Å². The van der Waals surface area contributed by atoms with Gasteiger partial charge in [0.15, 0.2) is 10.5 Å². The second-order valence-electron chi connectivity index (χ2n) is 3.89. The van der Waals surface area contributed by atoms with Crippen molar-refractivity contribution in [3.8, 4) is 0 Å². The number of ether oxygens (including phenoxy) is 2. The van der Waals surface area contributed by atoms with Crippen LogP contribution in [0.2, 0.25) is 0 Å². The third-order valence-electron chi connectivity index (χ3n) is 2.80. The maximum Gasteiger partial charge on any atom is 0.169 e. The largest absolute Gasteiger partial charge is 0.347 e. The third kappa shape index (κ3) is 2.35. The molecule has 1 saturated carbocycles. The summed E-state index contributed by atoms with van der Waals surface area (Å²) >= 11 is 2.76. The van der Waals surface area contributed by atoms with E-state index in [0.717, 1.165) is 25.7 Å². The lowest BCUT2D eigenvalue weighted by Gasteiger charge is -2.31. The van der Waals surface area contributed by atoms with Gasteiger partial charge in [0.1, 0.15) is 6.10 Å². The van der Waals surface area contributed by atoms with Gasteiger partial charge in [-0.05, 0) is 34.8 Å². The lowest BCUT2D eigenvalue weighted by atomic mass is 9.94. The number of hydrogen-bond donors (Lipinski definition) is 0. The van der Waals surface area contributed by atoms with E-state index in [9.17, 15) is 4.39 Å². The maximum atomic E-state index is 12.6. The molecule has 0 aromatic rings. The zero-order valence-electron chi connectivity index (χ0n) is 7.97. The Kier molecular flexibility index (Phi) is 3.24. The molecule has 2 fully saturated rings. The van der Waals surface area contributed by atoms with Gasteiger partial charge in [-0.2, -0.15) is 4.39 Å². The van der Waals surface area contributed by atoms with E-state index in [4.69, 9.17) is 9.47 Å². The molecule has 2 nitrogen and oxygen atoms in total. The normalized spacial score (nSPS) is 32.4. The van der Waals surface area contributed by atoms with Gasteiger partial charge >= 0.3 is 0 Å². The zero-order valence-corrected chi connectivity index (χ0v) is 9.56. The van der Waals surface area contributed by atoms with Crippen LogP contribution in [-0.4, -0.2) is 18.5 Å². The first-order valence-corrected chi connectivity index (χ1v) is 5.84. The molecule has 14 heavy (non-hydrogen) atoms. The molecule has 1 saturated heterocycles. The molecule has 0 aromatic heterocycles.